The average Bonchev–Trinajstić information content (AvgIpc) is 2.87. The fourth-order valence-corrected chi connectivity index (χ4v) is 1.39. The maximum Gasteiger partial charge on any atom is 0.174 e. The van der Waals surface area contributed by atoms with Crippen LogP contribution in [0.4, 0.5) is 5.69 Å². The number of nitrogens with zero attached hydrogens (tertiary/aromatic N) is 2. The van der Waals surface area contributed by atoms with E-state index in [0.29, 0.717) is 12.3 Å². The lowest BCUT2D eigenvalue weighted by Gasteiger charge is -2.07. The normalized spacial score (nSPS) is 9.59. The molecule has 0 spiro atoms. The molecule has 2 rings (SSSR count). The Morgan fingerprint density at radius 1 is 1.41 bits per heavy atom. The summed E-state index contributed by atoms with van der Waals surface area (Å²) in [6.07, 6.45) is 1.71. The number of nitriles is 1. The zero-order valence-corrected chi connectivity index (χ0v) is 9.18. The molecular formula is C12H12N4O. The molecule has 1 aromatic carbocycles. The van der Waals surface area contributed by atoms with Gasteiger partial charge in [-0.3, -0.25) is 5.10 Å². The summed E-state index contributed by atoms with van der Waals surface area (Å²) in [5.41, 5.74) is 1.95. The minimum absolute atomic E-state index is 0.0595. The standard InChI is InChI=1S/C12H12N4O/c13-5-7-17-12-3-1-2-10(8-12)14-9-11-4-6-15-16-11/h1-4,6,8,14H,7,9H2,(H,15,16). The molecular weight excluding hydrogens is 216 g/mol. The summed E-state index contributed by atoms with van der Waals surface area (Å²) in [6, 6.07) is 11.3. The lowest BCUT2D eigenvalue weighted by Crippen LogP contribution is -2.00. The molecule has 0 saturated carbocycles. The molecule has 0 aliphatic heterocycles. The van der Waals surface area contributed by atoms with E-state index in [9.17, 15) is 0 Å². The highest BCUT2D eigenvalue weighted by Crippen LogP contribution is 2.17. The zero-order valence-electron chi connectivity index (χ0n) is 9.18. The van der Waals surface area contributed by atoms with Crippen LogP contribution in [0.2, 0.25) is 0 Å². The Hall–Kier alpha value is -2.48. The molecule has 0 radical (unpaired) electrons. The molecule has 0 fully saturated rings. The predicted octanol–water partition coefficient (Wildman–Crippen LogP) is 1.92. The molecule has 0 aliphatic carbocycles. The minimum Gasteiger partial charge on any atom is -0.479 e. The van der Waals surface area contributed by atoms with E-state index in [4.69, 9.17) is 10.00 Å². The van der Waals surface area contributed by atoms with Gasteiger partial charge >= 0.3 is 0 Å². The number of hydrogen-bond donors (Lipinski definition) is 2. The largest absolute Gasteiger partial charge is 0.479 e. The van der Waals surface area contributed by atoms with Crippen LogP contribution in [-0.4, -0.2) is 16.8 Å². The Morgan fingerprint density at radius 3 is 3.12 bits per heavy atom. The number of aromatic nitrogens is 2. The maximum atomic E-state index is 8.42. The van der Waals surface area contributed by atoms with Gasteiger partial charge in [0.1, 0.15) is 11.8 Å². The van der Waals surface area contributed by atoms with Crippen molar-refractivity contribution in [3.05, 3.63) is 42.2 Å². The number of benzene rings is 1. The van der Waals surface area contributed by atoms with Gasteiger partial charge in [0.05, 0.1) is 12.2 Å². The van der Waals surface area contributed by atoms with Gasteiger partial charge in [-0.25, -0.2) is 0 Å². The number of anilines is 1. The van der Waals surface area contributed by atoms with Gasteiger partial charge in [0.2, 0.25) is 0 Å². The highest BCUT2D eigenvalue weighted by molar-refractivity contribution is 5.48. The van der Waals surface area contributed by atoms with Crippen molar-refractivity contribution in [2.45, 2.75) is 6.54 Å². The van der Waals surface area contributed by atoms with Gasteiger partial charge in [-0.15, -0.1) is 0 Å². The van der Waals surface area contributed by atoms with Gasteiger partial charge in [0, 0.05) is 18.0 Å². The van der Waals surface area contributed by atoms with Crippen molar-refractivity contribution in [3.63, 3.8) is 0 Å². The van der Waals surface area contributed by atoms with Crippen molar-refractivity contribution in [1.29, 1.82) is 5.26 Å². The molecule has 17 heavy (non-hydrogen) atoms. The topological polar surface area (TPSA) is 73.7 Å². The van der Waals surface area contributed by atoms with E-state index in [1.54, 1.807) is 6.20 Å². The van der Waals surface area contributed by atoms with Crippen molar-refractivity contribution >= 4 is 5.69 Å². The molecule has 1 aromatic heterocycles. The first-order valence-corrected chi connectivity index (χ1v) is 5.20. The predicted molar refractivity (Wildman–Crippen MR) is 63.5 cm³/mol. The first kappa shape index (κ1) is 11.0. The number of hydrogen-bond acceptors (Lipinski definition) is 4. The molecule has 0 bridgehead atoms. The summed E-state index contributed by atoms with van der Waals surface area (Å²) in [7, 11) is 0. The molecule has 2 N–H and O–H groups in total. The highest BCUT2D eigenvalue weighted by Gasteiger charge is 1.97. The third-order valence-corrected chi connectivity index (χ3v) is 2.18. The smallest absolute Gasteiger partial charge is 0.174 e. The van der Waals surface area contributed by atoms with Crippen LogP contribution in [0.15, 0.2) is 36.5 Å². The van der Waals surface area contributed by atoms with Gasteiger partial charge < -0.3 is 10.1 Å². The number of H-pyrrole nitrogens is 1. The molecule has 5 heteroatoms. The van der Waals surface area contributed by atoms with E-state index in [1.807, 2.05) is 36.4 Å². The second-order valence-corrected chi connectivity index (χ2v) is 3.41. The van der Waals surface area contributed by atoms with Crippen LogP contribution in [0.3, 0.4) is 0 Å². The van der Waals surface area contributed by atoms with Gasteiger partial charge in [0.25, 0.3) is 0 Å². The van der Waals surface area contributed by atoms with Crippen LogP contribution >= 0.6 is 0 Å². The van der Waals surface area contributed by atoms with Crippen molar-refractivity contribution in [2.75, 3.05) is 11.9 Å². The third kappa shape index (κ3) is 3.24. The van der Waals surface area contributed by atoms with Crippen LogP contribution in [0, 0.1) is 11.3 Å². The molecule has 0 atom stereocenters. The zero-order chi connectivity index (χ0) is 11.9. The van der Waals surface area contributed by atoms with Crippen molar-refractivity contribution in [1.82, 2.24) is 10.2 Å². The van der Waals surface area contributed by atoms with E-state index >= 15 is 0 Å². The van der Waals surface area contributed by atoms with Crippen molar-refractivity contribution in [3.8, 4) is 11.8 Å². The van der Waals surface area contributed by atoms with Gasteiger partial charge in [0.15, 0.2) is 6.61 Å². The second kappa shape index (κ2) is 5.56. The fourth-order valence-electron chi connectivity index (χ4n) is 1.39. The monoisotopic (exact) mass is 228 g/mol. The Kier molecular flexibility index (Phi) is 3.61. The summed E-state index contributed by atoms with van der Waals surface area (Å²) >= 11 is 0. The molecule has 2 aromatic rings. The molecule has 0 aliphatic rings. The van der Waals surface area contributed by atoms with E-state index < -0.39 is 0 Å². The van der Waals surface area contributed by atoms with E-state index in [2.05, 4.69) is 15.5 Å². The van der Waals surface area contributed by atoms with E-state index in [-0.39, 0.29) is 6.61 Å². The molecule has 86 valence electrons. The molecule has 0 unspecified atom stereocenters. The van der Waals surface area contributed by atoms with Crippen LogP contribution in [0.5, 0.6) is 5.75 Å². The summed E-state index contributed by atoms with van der Waals surface area (Å²) in [6.45, 7) is 0.728. The first-order chi connectivity index (χ1) is 8.38. The summed E-state index contributed by atoms with van der Waals surface area (Å²) < 4.78 is 5.21. The Bertz CT molecular complexity index is 501. The van der Waals surface area contributed by atoms with Crippen molar-refractivity contribution < 1.29 is 4.74 Å². The maximum absolute atomic E-state index is 8.42. The number of ether oxygens (including phenoxy) is 1. The van der Waals surface area contributed by atoms with E-state index in [0.717, 1.165) is 11.4 Å². The number of nitrogens with one attached hydrogen (secondary N) is 2. The Labute approximate surface area is 99.0 Å². The molecule has 1 heterocycles. The summed E-state index contributed by atoms with van der Waals surface area (Å²) in [5, 5.41) is 18.4. The van der Waals surface area contributed by atoms with Crippen LogP contribution in [0.1, 0.15) is 5.69 Å². The summed E-state index contributed by atoms with van der Waals surface area (Å²) in [4.78, 5) is 0. The highest BCUT2D eigenvalue weighted by atomic mass is 16.5. The number of aromatic amines is 1. The van der Waals surface area contributed by atoms with E-state index in [1.165, 1.54) is 0 Å². The quantitative estimate of drug-likeness (QED) is 0.820. The Balaban J connectivity index is 1.94. The third-order valence-electron chi connectivity index (χ3n) is 2.18. The lowest BCUT2D eigenvalue weighted by atomic mass is 10.3. The summed E-state index contributed by atoms with van der Waals surface area (Å²) in [5.74, 6) is 0.682. The SMILES string of the molecule is N#CCOc1cccc(NCc2ccn[nH]2)c1. The average molecular weight is 228 g/mol. The second-order valence-electron chi connectivity index (χ2n) is 3.41. The fraction of sp³-hybridized carbons (Fsp3) is 0.167. The van der Waals surface area contributed by atoms with Crippen molar-refractivity contribution in [2.24, 2.45) is 0 Å². The van der Waals surface area contributed by atoms with Crippen LogP contribution in [-0.2, 0) is 6.54 Å². The van der Waals surface area contributed by atoms with Crippen LogP contribution in [0.25, 0.3) is 0 Å². The molecule has 0 amide bonds. The molecule has 5 nitrogen and oxygen atoms in total. The van der Waals surface area contributed by atoms with Gasteiger partial charge in [-0.2, -0.15) is 10.4 Å². The lowest BCUT2D eigenvalue weighted by molar-refractivity contribution is 0.368. The number of rotatable bonds is 5. The first-order valence-electron chi connectivity index (χ1n) is 5.20. The Morgan fingerprint density at radius 2 is 2.35 bits per heavy atom. The van der Waals surface area contributed by atoms with Gasteiger partial charge in [-0.05, 0) is 18.2 Å². The van der Waals surface area contributed by atoms with Gasteiger partial charge in [-0.1, -0.05) is 6.07 Å². The molecule has 0 saturated heterocycles. The van der Waals surface area contributed by atoms with Crippen LogP contribution < -0.4 is 10.1 Å². The minimum atomic E-state index is 0.0595.